The number of hydrogen-bond donors (Lipinski definition) is 2. The van der Waals surface area contributed by atoms with E-state index in [4.69, 9.17) is 5.11 Å². The highest BCUT2D eigenvalue weighted by Gasteiger charge is 2.06. The molecule has 0 amide bonds. The maximum absolute atomic E-state index is 13.4. The normalized spacial score (nSPS) is 13.4. The Bertz CT molecular complexity index is 469. The van der Waals surface area contributed by atoms with Gasteiger partial charge in [0.05, 0.1) is 0 Å². The monoisotopic (exact) mass is 251 g/mol. The molecule has 0 bridgehead atoms. The van der Waals surface area contributed by atoms with Gasteiger partial charge in [0.1, 0.15) is 5.82 Å². The number of halogens is 1. The van der Waals surface area contributed by atoms with Crippen molar-refractivity contribution in [3.05, 3.63) is 46.8 Å². The standard InChI is InChI=1S/C14H18FNO2/c1-9-4-5-12(8-13(9)15)11(3)16-7-6-10(2)14(17)18/h4-6,8,11,16H,7H2,1-3H3,(H,17,18)/b10-6-. The molecule has 0 aliphatic rings. The highest BCUT2D eigenvalue weighted by molar-refractivity contribution is 5.85. The maximum Gasteiger partial charge on any atom is 0.330 e. The second kappa shape index (κ2) is 6.31. The summed E-state index contributed by atoms with van der Waals surface area (Å²) in [5.74, 6) is -1.15. The van der Waals surface area contributed by atoms with E-state index >= 15 is 0 Å². The van der Waals surface area contributed by atoms with E-state index < -0.39 is 5.97 Å². The molecular weight excluding hydrogens is 233 g/mol. The van der Waals surface area contributed by atoms with Crippen molar-refractivity contribution in [3.8, 4) is 0 Å². The Morgan fingerprint density at radius 3 is 2.78 bits per heavy atom. The van der Waals surface area contributed by atoms with Gasteiger partial charge in [-0.2, -0.15) is 0 Å². The maximum atomic E-state index is 13.4. The van der Waals surface area contributed by atoms with E-state index in [1.165, 1.54) is 6.07 Å². The third-order valence-corrected chi connectivity index (χ3v) is 2.87. The first-order valence-corrected chi connectivity index (χ1v) is 5.81. The highest BCUT2D eigenvalue weighted by atomic mass is 19.1. The number of carboxylic acid groups (broad SMARTS) is 1. The average Bonchev–Trinajstić information content (AvgIpc) is 2.32. The molecule has 1 rings (SSSR count). The number of carboxylic acids is 1. The summed E-state index contributed by atoms with van der Waals surface area (Å²) in [6.07, 6.45) is 1.60. The van der Waals surface area contributed by atoms with Crippen LogP contribution >= 0.6 is 0 Å². The molecule has 0 heterocycles. The van der Waals surface area contributed by atoms with Crippen LogP contribution < -0.4 is 5.32 Å². The zero-order chi connectivity index (χ0) is 13.7. The Morgan fingerprint density at radius 1 is 1.56 bits per heavy atom. The van der Waals surface area contributed by atoms with Crippen molar-refractivity contribution in [2.75, 3.05) is 6.54 Å². The minimum Gasteiger partial charge on any atom is -0.478 e. The third kappa shape index (κ3) is 3.96. The summed E-state index contributed by atoms with van der Waals surface area (Å²) >= 11 is 0. The van der Waals surface area contributed by atoms with Crippen LogP contribution in [0.3, 0.4) is 0 Å². The molecular formula is C14H18FNO2. The van der Waals surface area contributed by atoms with Gasteiger partial charge < -0.3 is 10.4 Å². The van der Waals surface area contributed by atoms with Gasteiger partial charge in [-0.3, -0.25) is 0 Å². The average molecular weight is 251 g/mol. The van der Waals surface area contributed by atoms with Crippen LogP contribution in [0.4, 0.5) is 4.39 Å². The number of aliphatic carboxylic acids is 1. The molecule has 2 N–H and O–H groups in total. The number of aryl methyl sites for hydroxylation is 1. The molecule has 3 nitrogen and oxygen atoms in total. The van der Waals surface area contributed by atoms with Crippen LogP contribution in [-0.4, -0.2) is 17.6 Å². The molecule has 0 saturated heterocycles. The molecule has 0 radical (unpaired) electrons. The van der Waals surface area contributed by atoms with E-state index in [0.29, 0.717) is 17.7 Å². The van der Waals surface area contributed by atoms with E-state index in [1.54, 1.807) is 26.0 Å². The molecule has 0 aromatic heterocycles. The van der Waals surface area contributed by atoms with Gasteiger partial charge in [0, 0.05) is 18.2 Å². The van der Waals surface area contributed by atoms with Crippen molar-refractivity contribution in [2.45, 2.75) is 26.8 Å². The fourth-order valence-corrected chi connectivity index (χ4v) is 1.47. The minimum atomic E-state index is -0.925. The van der Waals surface area contributed by atoms with E-state index in [-0.39, 0.29) is 11.9 Å². The first-order valence-electron chi connectivity index (χ1n) is 5.81. The van der Waals surface area contributed by atoms with Crippen LogP contribution in [0, 0.1) is 12.7 Å². The van der Waals surface area contributed by atoms with Gasteiger partial charge in [0.15, 0.2) is 0 Å². The van der Waals surface area contributed by atoms with Gasteiger partial charge in [-0.25, -0.2) is 9.18 Å². The predicted molar refractivity (Wildman–Crippen MR) is 68.9 cm³/mol. The number of hydrogen-bond acceptors (Lipinski definition) is 2. The summed E-state index contributed by atoms with van der Waals surface area (Å²) in [6, 6.07) is 5.07. The molecule has 1 unspecified atom stereocenters. The lowest BCUT2D eigenvalue weighted by molar-refractivity contribution is -0.132. The predicted octanol–water partition coefficient (Wildman–Crippen LogP) is 2.82. The Labute approximate surface area is 106 Å². The van der Waals surface area contributed by atoms with Gasteiger partial charge in [0.25, 0.3) is 0 Å². The molecule has 0 fully saturated rings. The van der Waals surface area contributed by atoms with Crippen LogP contribution in [0.1, 0.15) is 31.0 Å². The number of carbonyl (C=O) groups is 1. The highest BCUT2D eigenvalue weighted by Crippen LogP contribution is 2.16. The molecule has 4 heteroatoms. The molecule has 1 atom stereocenters. The summed E-state index contributed by atoms with van der Waals surface area (Å²) in [4.78, 5) is 10.6. The minimum absolute atomic E-state index is 0.0297. The largest absolute Gasteiger partial charge is 0.478 e. The van der Waals surface area contributed by atoms with E-state index in [0.717, 1.165) is 5.56 Å². The summed E-state index contributed by atoms with van der Waals surface area (Å²) in [5, 5.41) is 11.8. The second-order valence-electron chi connectivity index (χ2n) is 4.33. The van der Waals surface area contributed by atoms with Crippen LogP contribution in [0.15, 0.2) is 29.8 Å². The first-order chi connectivity index (χ1) is 8.41. The van der Waals surface area contributed by atoms with Gasteiger partial charge in [-0.15, -0.1) is 0 Å². The number of rotatable bonds is 5. The summed E-state index contributed by atoms with van der Waals surface area (Å²) in [5.41, 5.74) is 1.76. The third-order valence-electron chi connectivity index (χ3n) is 2.87. The summed E-state index contributed by atoms with van der Waals surface area (Å²) in [7, 11) is 0. The molecule has 18 heavy (non-hydrogen) atoms. The fourth-order valence-electron chi connectivity index (χ4n) is 1.47. The second-order valence-corrected chi connectivity index (χ2v) is 4.33. The molecule has 98 valence electrons. The van der Waals surface area contributed by atoms with Crippen molar-refractivity contribution in [3.63, 3.8) is 0 Å². The van der Waals surface area contributed by atoms with Gasteiger partial charge >= 0.3 is 5.97 Å². The SMILES string of the molecule is C/C(=C/CNC(C)c1ccc(C)c(F)c1)C(=O)O. The lowest BCUT2D eigenvalue weighted by Crippen LogP contribution is -2.19. The molecule has 0 aliphatic heterocycles. The van der Waals surface area contributed by atoms with Crippen molar-refractivity contribution in [1.82, 2.24) is 5.32 Å². The van der Waals surface area contributed by atoms with Gasteiger partial charge in [-0.1, -0.05) is 18.2 Å². The van der Waals surface area contributed by atoms with Crippen molar-refractivity contribution < 1.29 is 14.3 Å². The molecule has 0 saturated carbocycles. The van der Waals surface area contributed by atoms with Crippen molar-refractivity contribution >= 4 is 5.97 Å². The summed E-state index contributed by atoms with van der Waals surface area (Å²) in [6.45, 7) is 5.61. The van der Waals surface area contributed by atoms with E-state index in [2.05, 4.69) is 5.32 Å². The zero-order valence-electron chi connectivity index (χ0n) is 10.8. The van der Waals surface area contributed by atoms with Crippen LogP contribution in [0.5, 0.6) is 0 Å². The van der Waals surface area contributed by atoms with Crippen LogP contribution in [-0.2, 0) is 4.79 Å². The molecule has 1 aromatic carbocycles. The van der Waals surface area contributed by atoms with E-state index in [1.807, 2.05) is 13.0 Å². The molecule has 0 spiro atoms. The van der Waals surface area contributed by atoms with Crippen LogP contribution in [0.25, 0.3) is 0 Å². The number of nitrogens with one attached hydrogen (secondary N) is 1. The quantitative estimate of drug-likeness (QED) is 0.791. The van der Waals surface area contributed by atoms with Crippen LogP contribution in [0.2, 0.25) is 0 Å². The Hall–Kier alpha value is -1.68. The Balaban J connectivity index is 2.60. The topological polar surface area (TPSA) is 49.3 Å². The van der Waals surface area contributed by atoms with Crippen molar-refractivity contribution in [2.24, 2.45) is 0 Å². The first kappa shape index (κ1) is 14.4. The van der Waals surface area contributed by atoms with Gasteiger partial charge in [-0.05, 0) is 38.0 Å². The fraction of sp³-hybridized carbons (Fsp3) is 0.357. The van der Waals surface area contributed by atoms with Crippen molar-refractivity contribution in [1.29, 1.82) is 0 Å². The lowest BCUT2D eigenvalue weighted by atomic mass is 10.1. The summed E-state index contributed by atoms with van der Waals surface area (Å²) < 4.78 is 13.4. The van der Waals surface area contributed by atoms with E-state index in [9.17, 15) is 9.18 Å². The molecule has 0 aliphatic carbocycles. The smallest absolute Gasteiger partial charge is 0.330 e. The lowest BCUT2D eigenvalue weighted by Gasteiger charge is -2.13. The van der Waals surface area contributed by atoms with Gasteiger partial charge in [0.2, 0.25) is 0 Å². The molecule has 1 aromatic rings. The Kier molecular flexibility index (Phi) is 5.04. The Morgan fingerprint density at radius 2 is 2.22 bits per heavy atom. The number of benzene rings is 1. The zero-order valence-corrected chi connectivity index (χ0v) is 10.8.